The van der Waals surface area contributed by atoms with E-state index in [0.29, 0.717) is 47.7 Å². The number of ether oxygens (including phenoxy) is 2. The van der Waals surface area contributed by atoms with Crippen LogP contribution in [-0.2, 0) is 6.61 Å². The van der Waals surface area contributed by atoms with Crippen LogP contribution in [0.4, 0.5) is 0 Å². The van der Waals surface area contributed by atoms with E-state index in [1.807, 2.05) is 86.6 Å². The Hall–Kier alpha value is -4.10. The van der Waals surface area contributed by atoms with Crippen molar-refractivity contribution in [3.8, 4) is 11.5 Å². The number of methoxy groups -OCH3 is 1. The average molecular weight is 499 g/mol. The minimum atomic E-state index is -0.597. The van der Waals surface area contributed by atoms with Crippen LogP contribution in [0, 0.1) is 6.92 Å². The van der Waals surface area contributed by atoms with Gasteiger partial charge in [0, 0.05) is 13.1 Å². The van der Waals surface area contributed by atoms with E-state index in [-0.39, 0.29) is 17.1 Å². The molecular formula is C30H30N2O5. The molecule has 1 atom stereocenters. The Morgan fingerprint density at radius 2 is 1.76 bits per heavy atom. The molecule has 0 spiro atoms. The lowest BCUT2D eigenvalue weighted by atomic mass is 9.97. The molecule has 5 rings (SSSR count). The van der Waals surface area contributed by atoms with Gasteiger partial charge in [-0.15, -0.1) is 0 Å². The monoisotopic (exact) mass is 498 g/mol. The summed E-state index contributed by atoms with van der Waals surface area (Å²) in [6.07, 6.45) is 0. The van der Waals surface area contributed by atoms with Crippen molar-refractivity contribution in [3.05, 3.63) is 105 Å². The van der Waals surface area contributed by atoms with Crippen LogP contribution in [0.3, 0.4) is 0 Å². The summed E-state index contributed by atoms with van der Waals surface area (Å²) < 4.78 is 17.7. The van der Waals surface area contributed by atoms with Crippen LogP contribution in [0.15, 0.2) is 75.9 Å². The van der Waals surface area contributed by atoms with Gasteiger partial charge in [0.1, 0.15) is 12.2 Å². The first-order chi connectivity index (χ1) is 17.9. The molecule has 1 aliphatic rings. The summed E-state index contributed by atoms with van der Waals surface area (Å²) in [5, 5.41) is 0.473. The lowest BCUT2D eigenvalue weighted by molar-refractivity contribution is 0.0716. The molecular weight excluding hydrogens is 468 g/mol. The first-order valence-electron chi connectivity index (χ1n) is 12.2. The molecule has 0 saturated carbocycles. The number of amides is 1. The van der Waals surface area contributed by atoms with E-state index in [4.69, 9.17) is 13.9 Å². The van der Waals surface area contributed by atoms with Gasteiger partial charge in [0.25, 0.3) is 5.91 Å². The van der Waals surface area contributed by atoms with Crippen LogP contribution in [0.25, 0.3) is 11.0 Å². The smallest absolute Gasteiger partial charge is 0.290 e. The van der Waals surface area contributed by atoms with Crippen molar-refractivity contribution in [3.63, 3.8) is 0 Å². The molecule has 1 unspecified atom stereocenters. The van der Waals surface area contributed by atoms with Gasteiger partial charge in [0.2, 0.25) is 5.76 Å². The molecule has 0 N–H and O–H groups in total. The molecule has 0 radical (unpaired) electrons. The van der Waals surface area contributed by atoms with Gasteiger partial charge in [-0.25, -0.2) is 0 Å². The van der Waals surface area contributed by atoms with Crippen molar-refractivity contribution in [2.24, 2.45) is 0 Å². The Labute approximate surface area is 215 Å². The number of fused-ring (bicyclic) bond motifs is 2. The predicted octanol–water partition coefficient (Wildman–Crippen LogP) is 4.80. The van der Waals surface area contributed by atoms with Crippen molar-refractivity contribution in [1.82, 2.24) is 9.80 Å². The molecule has 1 aromatic heterocycles. The number of nitrogens with zero attached hydrogens (tertiary/aromatic N) is 2. The van der Waals surface area contributed by atoms with E-state index in [0.717, 1.165) is 16.7 Å². The summed E-state index contributed by atoms with van der Waals surface area (Å²) in [6, 6.07) is 20.3. The molecule has 1 amide bonds. The molecule has 37 heavy (non-hydrogen) atoms. The fourth-order valence-electron chi connectivity index (χ4n) is 4.73. The zero-order valence-electron chi connectivity index (χ0n) is 21.5. The highest BCUT2D eigenvalue weighted by Gasteiger charge is 2.42. The Kier molecular flexibility index (Phi) is 6.72. The fraction of sp³-hybridized carbons (Fsp3) is 0.267. The van der Waals surface area contributed by atoms with Crippen molar-refractivity contribution >= 4 is 16.9 Å². The molecule has 190 valence electrons. The van der Waals surface area contributed by atoms with Crippen molar-refractivity contribution < 1.29 is 18.7 Å². The van der Waals surface area contributed by atoms with Crippen molar-refractivity contribution in [1.29, 1.82) is 0 Å². The highest BCUT2D eigenvalue weighted by molar-refractivity contribution is 5.99. The number of hydrogen-bond donors (Lipinski definition) is 0. The molecule has 0 aliphatic carbocycles. The van der Waals surface area contributed by atoms with Crippen LogP contribution < -0.4 is 14.9 Å². The maximum atomic E-state index is 13.8. The average Bonchev–Trinajstić information content (AvgIpc) is 3.18. The minimum Gasteiger partial charge on any atom is -0.493 e. The molecule has 4 aromatic rings. The predicted molar refractivity (Wildman–Crippen MR) is 142 cm³/mol. The largest absolute Gasteiger partial charge is 0.493 e. The Morgan fingerprint density at radius 1 is 0.973 bits per heavy atom. The SMILES string of the molecule is COc1cc(C2c3c(oc4ccc(C)cc4c3=O)C(=O)N2CCN(C)C)ccc1OCc1ccccc1. The van der Waals surface area contributed by atoms with Crippen LogP contribution >= 0.6 is 0 Å². The number of aryl methyl sites for hydroxylation is 1. The van der Waals surface area contributed by atoms with Gasteiger partial charge in [-0.05, 0) is 56.4 Å². The molecule has 2 heterocycles. The van der Waals surface area contributed by atoms with E-state index in [9.17, 15) is 9.59 Å². The summed E-state index contributed by atoms with van der Waals surface area (Å²) >= 11 is 0. The lowest BCUT2D eigenvalue weighted by Gasteiger charge is -2.27. The number of hydrogen-bond acceptors (Lipinski definition) is 6. The van der Waals surface area contributed by atoms with Gasteiger partial charge in [-0.3, -0.25) is 9.59 Å². The van der Waals surface area contributed by atoms with E-state index < -0.39 is 6.04 Å². The van der Waals surface area contributed by atoms with E-state index in [1.165, 1.54) is 0 Å². The molecule has 0 saturated heterocycles. The summed E-state index contributed by atoms with van der Waals surface area (Å²) in [6.45, 7) is 3.39. The summed E-state index contributed by atoms with van der Waals surface area (Å²) in [7, 11) is 5.48. The second-order valence-electron chi connectivity index (χ2n) is 9.56. The molecule has 0 fully saturated rings. The highest BCUT2D eigenvalue weighted by Crippen LogP contribution is 2.41. The van der Waals surface area contributed by atoms with Crippen LogP contribution in [0.5, 0.6) is 11.5 Å². The quantitative estimate of drug-likeness (QED) is 0.348. The summed E-state index contributed by atoms with van der Waals surface area (Å²) in [4.78, 5) is 31.0. The Morgan fingerprint density at radius 3 is 2.49 bits per heavy atom. The molecule has 7 heteroatoms. The normalized spacial score (nSPS) is 14.9. The first-order valence-corrected chi connectivity index (χ1v) is 12.2. The van der Waals surface area contributed by atoms with E-state index in [2.05, 4.69) is 0 Å². The standard InChI is InChI=1S/C30H30N2O5/c1-19-10-12-23-22(16-19)28(33)26-27(32(15-14-31(2)3)30(34)29(26)37-23)21-11-13-24(25(17-21)35-4)36-18-20-8-6-5-7-9-20/h5-13,16-17,27H,14-15,18H2,1-4H3. The van der Waals surface area contributed by atoms with Gasteiger partial charge >= 0.3 is 0 Å². The zero-order chi connectivity index (χ0) is 26.1. The third-order valence-corrected chi connectivity index (χ3v) is 6.65. The Bertz CT molecular complexity index is 1510. The first kappa shape index (κ1) is 24.6. The van der Waals surface area contributed by atoms with E-state index >= 15 is 0 Å². The van der Waals surface area contributed by atoms with Crippen molar-refractivity contribution in [2.45, 2.75) is 19.6 Å². The maximum Gasteiger partial charge on any atom is 0.290 e. The van der Waals surface area contributed by atoms with E-state index in [1.54, 1.807) is 18.1 Å². The zero-order valence-corrected chi connectivity index (χ0v) is 21.5. The number of likely N-dealkylation sites (N-methyl/N-ethyl adjacent to an activating group) is 1. The van der Waals surface area contributed by atoms with Crippen LogP contribution in [0.2, 0.25) is 0 Å². The molecule has 1 aliphatic heterocycles. The molecule has 7 nitrogen and oxygen atoms in total. The lowest BCUT2D eigenvalue weighted by Crippen LogP contribution is -2.35. The fourth-order valence-corrected chi connectivity index (χ4v) is 4.73. The van der Waals surface area contributed by atoms with Crippen molar-refractivity contribution in [2.75, 3.05) is 34.3 Å². The molecule has 3 aromatic carbocycles. The van der Waals surface area contributed by atoms with Gasteiger partial charge < -0.3 is 23.7 Å². The van der Waals surface area contributed by atoms with Crippen LogP contribution in [0.1, 0.15) is 38.9 Å². The number of carbonyl (C=O) groups excluding carboxylic acids is 1. The second-order valence-corrected chi connectivity index (χ2v) is 9.56. The minimum absolute atomic E-state index is 0.105. The third-order valence-electron chi connectivity index (χ3n) is 6.65. The third kappa shape index (κ3) is 4.70. The maximum absolute atomic E-state index is 13.8. The summed E-state index contributed by atoms with van der Waals surface area (Å²) in [5.74, 6) is 0.932. The number of carbonyl (C=O) groups is 1. The topological polar surface area (TPSA) is 72.2 Å². The number of rotatable bonds is 8. The summed E-state index contributed by atoms with van der Waals surface area (Å²) in [5.41, 5.74) is 3.34. The van der Waals surface area contributed by atoms with Crippen LogP contribution in [-0.4, -0.2) is 50.0 Å². The molecule has 0 bridgehead atoms. The number of benzene rings is 3. The van der Waals surface area contributed by atoms with Gasteiger partial charge in [0.05, 0.1) is 24.1 Å². The van der Waals surface area contributed by atoms with Gasteiger partial charge in [-0.1, -0.05) is 48.0 Å². The van der Waals surface area contributed by atoms with Gasteiger partial charge in [-0.2, -0.15) is 0 Å². The second kappa shape index (κ2) is 10.1. The Balaban J connectivity index is 1.58. The highest BCUT2D eigenvalue weighted by atomic mass is 16.5. The van der Waals surface area contributed by atoms with Gasteiger partial charge in [0.15, 0.2) is 16.9 Å².